The van der Waals surface area contributed by atoms with Crippen LogP contribution in [-0.2, 0) is 14.8 Å². The molecule has 0 atom stereocenters. The van der Waals surface area contributed by atoms with Gasteiger partial charge in [-0.25, -0.2) is 12.8 Å². The molecule has 1 fully saturated rings. The lowest BCUT2D eigenvalue weighted by Crippen LogP contribution is -2.50. The number of benzene rings is 2. The molecule has 0 radical (unpaired) electrons. The molecule has 1 saturated heterocycles. The maximum absolute atomic E-state index is 13.9. The topological polar surface area (TPSA) is 88.2 Å². The van der Waals surface area contributed by atoms with E-state index in [9.17, 15) is 17.6 Å². The maximum Gasteiger partial charge on any atom is 0.257 e. The van der Waals surface area contributed by atoms with Gasteiger partial charge in [0.25, 0.3) is 5.91 Å². The first-order valence-corrected chi connectivity index (χ1v) is 12.1. The Morgan fingerprint density at radius 3 is 2.25 bits per heavy atom. The SMILES string of the molecule is CCOc1ccc(OCC(=O)NCCS(=O)(=O)N2CCN(c3ccccc3F)CC2)cc1. The van der Waals surface area contributed by atoms with Gasteiger partial charge in [-0.05, 0) is 43.3 Å². The normalized spacial score (nSPS) is 14.8. The largest absolute Gasteiger partial charge is 0.494 e. The number of anilines is 1. The van der Waals surface area contributed by atoms with E-state index in [4.69, 9.17) is 9.47 Å². The summed E-state index contributed by atoms with van der Waals surface area (Å²) in [5.74, 6) is 0.298. The minimum atomic E-state index is -3.53. The molecule has 8 nitrogen and oxygen atoms in total. The number of rotatable bonds is 10. The fourth-order valence-electron chi connectivity index (χ4n) is 3.36. The number of nitrogens with one attached hydrogen (secondary N) is 1. The van der Waals surface area contributed by atoms with Crippen molar-refractivity contribution in [2.75, 3.05) is 56.6 Å². The van der Waals surface area contributed by atoms with Gasteiger partial charge in [-0.2, -0.15) is 4.31 Å². The first kappa shape index (κ1) is 23.8. The summed E-state index contributed by atoms with van der Waals surface area (Å²) in [7, 11) is -3.53. The molecule has 32 heavy (non-hydrogen) atoms. The zero-order valence-corrected chi connectivity index (χ0v) is 18.8. The average Bonchev–Trinajstić information content (AvgIpc) is 2.79. The van der Waals surface area contributed by atoms with E-state index in [2.05, 4.69) is 5.32 Å². The first-order chi connectivity index (χ1) is 15.4. The molecule has 0 spiro atoms. The first-order valence-electron chi connectivity index (χ1n) is 10.5. The highest BCUT2D eigenvalue weighted by Crippen LogP contribution is 2.21. The van der Waals surface area contributed by atoms with E-state index in [0.717, 1.165) is 0 Å². The number of carbonyl (C=O) groups excluding carboxylic acids is 1. The van der Waals surface area contributed by atoms with Crippen molar-refractivity contribution < 1.29 is 27.1 Å². The minimum Gasteiger partial charge on any atom is -0.494 e. The highest BCUT2D eigenvalue weighted by Gasteiger charge is 2.27. The lowest BCUT2D eigenvalue weighted by Gasteiger charge is -2.35. The van der Waals surface area contributed by atoms with Crippen LogP contribution in [-0.4, -0.2) is 70.3 Å². The minimum absolute atomic E-state index is 0.0126. The number of ether oxygens (including phenoxy) is 2. The molecule has 1 aliphatic heterocycles. The van der Waals surface area contributed by atoms with E-state index in [1.54, 1.807) is 42.5 Å². The van der Waals surface area contributed by atoms with Gasteiger partial charge < -0.3 is 19.7 Å². The van der Waals surface area contributed by atoms with Crippen LogP contribution in [0.1, 0.15) is 6.92 Å². The maximum atomic E-state index is 13.9. The number of para-hydroxylation sites is 1. The van der Waals surface area contributed by atoms with Crippen molar-refractivity contribution in [2.45, 2.75) is 6.92 Å². The summed E-state index contributed by atoms with van der Waals surface area (Å²) in [4.78, 5) is 13.8. The molecule has 2 aromatic carbocycles. The molecule has 174 valence electrons. The van der Waals surface area contributed by atoms with Crippen molar-refractivity contribution in [2.24, 2.45) is 0 Å². The summed E-state index contributed by atoms with van der Waals surface area (Å²) < 4.78 is 51.2. The molecule has 1 heterocycles. The number of halogens is 1. The second-order valence-electron chi connectivity index (χ2n) is 7.20. The summed E-state index contributed by atoms with van der Waals surface area (Å²) in [6.45, 7) is 3.58. The number of hydrogen-bond donors (Lipinski definition) is 1. The zero-order chi connectivity index (χ0) is 23.0. The van der Waals surface area contributed by atoms with Gasteiger partial charge in [-0.15, -0.1) is 0 Å². The Morgan fingerprint density at radius 2 is 1.62 bits per heavy atom. The number of amides is 1. The molecular formula is C22H28FN3O5S. The van der Waals surface area contributed by atoms with Crippen LogP contribution in [0.2, 0.25) is 0 Å². The Bertz CT molecular complexity index is 993. The average molecular weight is 466 g/mol. The molecule has 0 aliphatic carbocycles. The van der Waals surface area contributed by atoms with Gasteiger partial charge in [0.15, 0.2) is 6.61 Å². The second kappa shape index (κ2) is 11.1. The number of nitrogens with zero attached hydrogens (tertiary/aromatic N) is 2. The van der Waals surface area contributed by atoms with E-state index in [1.807, 2.05) is 11.8 Å². The van der Waals surface area contributed by atoms with Gasteiger partial charge in [0.1, 0.15) is 17.3 Å². The molecule has 1 aliphatic rings. The third kappa shape index (κ3) is 6.57. The highest BCUT2D eigenvalue weighted by molar-refractivity contribution is 7.89. The van der Waals surface area contributed by atoms with E-state index in [0.29, 0.717) is 36.9 Å². The van der Waals surface area contributed by atoms with Crippen molar-refractivity contribution in [3.63, 3.8) is 0 Å². The molecule has 3 rings (SSSR count). The van der Waals surface area contributed by atoms with Crippen molar-refractivity contribution in [1.29, 1.82) is 0 Å². The Labute approximate surface area is 188 Å². The van der Waals surface area contributed by atoms with Gasteiger partial charge >= 0.3 is 0 Å². The molecule has 0 saturated carbocycles. The predicted octanol–water partition coefficient (Wildman–Crippen LogP) is 1.87. The Kier molecular flexibility index (Phi) is 8.29. The smallest absolute Gasteiger partial charge is 0.257 e. The van der Waals surface area contributed by atoms with Crippen LogP contribution in [0, 0.1) is 5.82 Å². The fraction of sp³-hybridized carbons (Fsp3) is 0.409. The molecule has 10 heteroatoms. The van der Waals surface area contributed by atoms with Crippen LogP contribution in [0.3, 0.4) is 0 Å². The number of piperazine rings is 1. The lowest BCUT2D eigenvalue weighted by atomic mass is 10.2. The van der Waals surface area contributed by atoms with Crippen LogP contribution in [0.25, 0.3) is 0 Å². The molecule has 1 N–H and O–H groups in total. The number of sulfonamides is 1. The lowest BCUT2D eigenvalue weighted by molar-refractivity contribution is -0.122. The number of hydrogen-bond acceptors (Lipinski definition) is 6. The van der Waals surface area contributed by atoms with Crippen LogP contribution in [0.4, 0.5) is 10.1 Å². The fourth-order valence-corrected chi connectivity index (χ4v) is 4.70. The summed E-state index contributed by atoms with van der Waals surface area (Å²) in [5.41, 5.74) is 0.476. The monoisotopic (exact) mass is 465 g/mol. The Balaban J connectivity index is 1.38. The Morgan fingerprint density at radius 1 is 1.00 bits per heavy atom. The third-order valence-electron chi connectivity index (χ3n) is 5.01. The van der Waals surface area contributed by atoms with Gasteiger partial charge in [0.05, 0.1) is 18.0 Å². The van der Waals surface area contributed by atoms with Gasteiger partial charge in [-0.3, -0.25) is 4.79 Å². The molecule has 0 aromatic heterocycles. The third-order valence-corrected chi connectivity index (χ3v) is 6.88. The van der Waals surface area contributed by atoms with E-state index >= 15 is 0 Å². The summed E-state index contributed by atoms with van der Waals surface area (Å²) in [6, 6.07) is 13.3. The summed E-state index contributed by atoms with van der Waals surface area (Å²) >= 11 is 0. The standard InChI is InChI=1S/C22H28FN3O5S/c1-2-30-18-7-9-19(10-8-18)31-17-22(27)24-11-16-32(28,29)26-14-12-25(13-15-26)21-6-4-3-5-20(21)23/h3-10H,2,11-17H2,1H3,(H,24,27). The van der Waals surface area contributed by atoms with Gasteiger partial charge in [0, 0.05) is 32.7 Å². The quantitative estimate of drug-likeness (QED) is 0.577. The van der Waals surface area contributed by atoms with E-state index in [1.165, 1.54) is 10.4 Å². The summed E-state index contributed by atoms with van der Waals surface area (Å²) in [5, 5.41) is 2.57. The molecule has 1 amide bonds. The van der Waals surface area contributed by atoms with Crippen LogP contribution in [0.15, 0.2) is 48.5 Å². The van der Waals surface area contributed by atoms with Crippen LogP contribution in [0.5, 0.6) is 11.5 Å². The van der Waals surface area contributed by atoms with E-state index in [-0.39, 0.29) is 37.8 Å². The van der Waals surface area contributed by atoms with Gasteiger partial charge in [-0.1, -0.05) is 12.1 Å². The number of carbonyl (C=O) groups is 1. The van der Waals surface area contributed by atoms with Crippen molar-refractivity contribution in [3.05, 3.63) is 54.3 Å². The van der Waals surface area contributed by atoms with Crippen LogP contribution < -0.4 is 19.7 Å². The van der Waals surface area contributed by atoms with Crippen LogP contribution >= 0.6 is 0 Å². The van der Waals surface area contributed by atoms with Gasteiger partial charge in [0.2, 0.25) is 10.0 Å². The molecule has 0 unspecified atom stereocenters. The predicted molar refractivity (Wildman–Crippen MR) is 120 cm³/mol. The van der Waals surface area contributed by atoms with E-state index < -0.39 is 15.9 Å². The van der Waals surface area contributed by atoms with Crippen molar-refractivity contribution >= 4 is 21.6 Å². The Hall–Kier alpha value is -2.85. The molecular weight excluding hydrogens is 437 g/mol. The zero-order valence-electron chi connectivity index (χ0n) is 18.0. The highest BCUT2D eigenvalue weighted by atomic mass is 32.2. The van der Waals surface area contributed by atoms with Crippen molar-refractivity contribution in [1.82, 2.24) is 9.62 Å². The summed E-state index contributed by atoms with van der Waals surface area (Å²) in [6.07, 6.45) is 0. The molecule has 2 aromatic rings. The van der Waals surface area contributed by atoms with Crippen molar-refractivity contribution in [3.8, 4) is 11.5 Å². The molecule has 0 bridgehead atoms. The second-order valence-corrected chi connectivity index (χ2v) is 9.29.